The van der Waals surface area contributed by atoms with Gasteiger partial charge in [-0.05, 0) is 57.8 Å². The summed E-state index contributed by atoms with van der Waals surface area (Å²) in [6.45, 7) is 4.29. The molecule has 1 aliphatic rings. The Kier molecular flexibility index (Phi) is 45.7. The topological polar surface area (TPSA) is 175 Å². The third-order valence-electron chi connectivity index (χ3n) is 13.8. The van der Waals surface area contributed by atoms with Crippen molar-refractivity contribution in [2.75, 3.05) is 19.8 Å². The lowest BCUT2D eigenvalue weighted by atomic mass is 9.99. The highest BCUT2D eigenvalue weighted by Gasteiger charge is 2.44. The molecule has 0 saturated carbocycles. The van der Waals surface area contributed by atoms with Crippen LogP contribution in [0.1, 0.15) is 271 Å². The SMILES string of the molecule is CCCCCC/C=C\CCCCCCCC(=O)OCCCCCCCCCCCCCCCCCCCCCC(=O)NC(COC1OC(CO)C(O)C(O)C1O)C(O)/C=C/CCCCCCCCC. The van der Waals surface area contributed by atoms with Crippen LogP contribution in [0.4, 0.5) is 0 Å². The molecule has 1 amide bonds. The number of nitrogens with one attached hydrogen (secondary N) is 1. The number of hydrogen-bond acceptors (Lipinski definition) is 10. The Morgan fingerprint density at radius 1 is 0.522 bits per heavy atom. The van der Waals surface area contributed by atoms with E-state index in [-0.39, 0.29) is 18.5 Å². The normalized spacial score (nSPS) is 19.4. The average Bonchev–Trinajstić information content (AvgIpc) is 3.34. The molecule has 6 N–H and O–H groups in total. The van der Waals surface area contributed by atoms with Crippen molar-refractivity contribution < 1.29 is 49.3 Å². The molecular formula is C58H109NO10. The number of rotatable bonds is 50. The zero-order valence-corrected chi connectivity index (χ0v) is 44.5. The minimum Gasteiger partial charge on any atom is -0.466 e. The molecule has 0 radical (unpaired) electrons. The van der Waals surface area contributed by atoms with Crippen molar-refractivity contribution in [1.29, 1.82) is 0 Å². The van der Waals surface area contributed by atoms with Gasteiger partial charge in [-0.2, -0.15) is 0 Å². The number of unbranched alkanes of at least 4 members (excludes halogenated alkanes) is 34. The molecule has 1 aliphatic heterocycles. The van der Waals surface area contributed by atoms with E-state index in [1.807, 2.05) is 6.08 Å². The highest BCUT2D eigenvalue weighted by Crippen LogP contribution is 2.23. The standard InChI is InChI=1S/C58H109NO10/c1-3-5-7-9-11-13-14-22-26-30-34-38-42-46-54(63)67-47-43-39-35-31-27-24-21-19-17-15-16-18-20-23-25-29-33-37-41-45-53(62)59-50(51(61)44-40-36-32-28-12-10-8-6-4-2)49-68-58-57(66)56(65)55(64)52(48-60)69-58/h13-14,40,44,50-52,55-58,60-61,64-66H,3-12,15-39,41-43,45-49H2,1-2H3,(H,59,62)/b14-13-,44-40+. The number of carbonyl (C=O) groups excluding carboxylic acids is 2. The van der Waals surface area contributed by atoms with Gasteiger partial charge >= 0.3 is 5.97 Å². The van der Waals surface area contributed by atoms with Gasteiger partial charge in [0.2, 0.25) is 5.91 Å². The zero-order valence-electron chi connectivity index (χ0n) is 44.5. The number of aliphatic hydroxyl groups excluding tert-OH is 5. The Labute approximate surface area is 422 Å². The Hall–Kier alpha value is -1.86. The number of esters is 1. The molecule has 7 atom stereocenters. The summed E-state index contributed by atoms with van der Waals surface area (Å²) in [5.41, 5.74) is 0. The van der Waals surface area contributed by atoms with Gasteiger partial charge < -0.3 is 45.1 Å². The lowest BCUT2D eigenvalue weighted by Crippen LogP contribution is -2.60. The first-order valence-corrected chi connectivity index (χ1v) is 29.1. The van der Waals surface area contributed by atoms with Gasteiger partial charge in [0.1, 0.15) is 24.4 Å². The van der Waals surface area contributed by atoms with Gasteiger partial charge in [-0.15, -0.1) is 0 Å². The predicted octanol–water partition coefficient (Wildman–Crippen LogP) is 12.9. The van der Waals surface area contributed by atoms with Crippen LogP contribution in [0.5, 0.6) is 0 Å². The smallest absolute Gasteiger partial charge is 0.305 e. The molecule has 7 unspecified atom stereocenters. The van der Waals surface area contributed by atoms with Crippen LogP contribution in [0.15, 0.2) is 24.3 Å². The number of carbonyl (C=O) groups is 2. The van der Waals surface area contributed by atoms with E-state index in [0.29, 0.717) is 19.4 Å². The third kappa shape index (κ3) is 38.4. The Morgan fingerprint density at radius 2 is 0.928 bits per heavy atom. The van der Waals surface area contributed by atoms with Crippen molar-refractivity contribution in [3.63, 3.8) is 0 Å². The summed E-state index contributed by atoms with van der Waals surface area (Å²) in [6, 6.07) is -0.810. The number of allylic oxidation sites excluding steroid dienone is 3. The van der Waals surface area contributed by atoms with Gasteiger partial charge in [0, 0.05) is 12.8 Å². The van der Waals surface area contributed by atoms with E-state index in [4.69, 9.17) is 14.2 Å². The first kappa shape index (κ1) is 65.2. The van der Waals surface area contributed by atoms with E-state index < -0.39 is 49.5 Å². The number of hydrogen-bond donors (Lipinski definition) is 6. The van der Waals surface area contributed by atoms with E-state index in [0.717, 1.165) is 64.2 Å². The monoisotopic (exact) mass is 980 g/mol. The maximum Gasteiger partial charge on any atom is 0.305 e. The second-order valence-corrected chi connectivity index (χ2v) is 20.3. The Bertz CT molecular complexity index is 1200. The van der Waals surface area contributed by atoms with Crippen LogP contribution in [0.2, 0.25) is 0 Å². The summed E-state index contributed by atoms with van der Waals surface area (Å²) >= 11 is 0. The second kappa shape index (κ2) is 48.4. The summed E-state index contributed by atoms with van der Waals surface area (Å²) in [6.07, 6.45) is 47.0. The fourth-order valence-electron chi connectivity index (χ4n) is 9.13. The van der Waals surface area contributed by atoms with Crippen molar-refractivity contribution >= 4 is 11.9 Å². The highest BCUT2D eigenvalue weighted by atomic mass is 16.7. The van der Waals surface area contributed by atoms with Gasteiger partial charge in [0.25, 0.3) is 0 Å². The maximum atomic E-state index is 13.0. The molecule has 0 bridgehead atoms. The van der Waals surface area contributed by atoms with Gasteiger partial charge in [-0.25, -0.2) is 0 Å². The molecule has 0 aromatic carbocycles. The Balaban J connectivity index is 2.03. The highest BCUT2D eigenvalue weighted by molar-refractivity contribution is 5.76. The average molecular weight is 981 g/mol. The lowest BCUT2D eigenvalue weighted by Gasteiger charge is -2.40. The minimum atomic E-state index is -1.57. The number of aliphatic hydroxyl groups is 5. The molecule has 11 heteroatoms. The van der Waals surface area contributed by atoms with Crippen molar-refractivity contribution in [3.8, 4) is 0 Å². The predicted molar refractivity (Wildman–Crippen MR) is 283 cm³/mol. The second-order valence-electron chi connectivity index (χ2n) is 20.3. The summed E-state index contributed by atoms with van der Waals surface area (Å²) in [5.74, 6) is -0.202. The molecule has 69 heavy (non-hydrogen) atoms. The van der Waals surface area contributed by atoms with E-state index in [9.17, 15) is 35.1 Å². The molecule has 1 fully saturated rings. The van der Waals surface area contributed by atoms with Crippen LogP contribution in [0.3, 0.4) is 0 Å². The molecule has 406 valence electrons. The largest absolute Gasteiger partial charge is 0.466 e. The molecule has 1 rings (SSSR count). The van der Waals surface area contributed by atoms with Gasteiger partial charge in [0.05, 0.1) is 32.0 Å². The maximum absolute atomic E-state index is 13.0. The Morgan fingerprint density at radius 3 is 1.41 bits per heavy atom. The summed E-state index contributed by atoms with van der Waals surface area (Å²) in [7, 11) is 0. The van der Waals surface area contributed by atoms with Crippen molar-refractivity contribution in [2.45, 2.75) is 314 Å². The van der Waals surface area contributed by atoms with Crippen LogP contribution in [0.25, 0.3) is 0 Å². The molecule has 0 aliphatic carbocycles. The van der Waals surface area contributed by atoms with Crippen LogP contribution < -0.4 is 5.32 Å². The molecule has 0 spiro atoms. The van der Waals surface area contributed by atoms with Crippen LogP contribution in [0, 0.1) is 0 Å². The van der Waals surface area contributed by atoms with Gasteiger partial charge in [-0.3, -0.25) is 9.59 Å². The molecule has 0 aromatic heterocycles. The van der Waals surface area contributed by atoms with Gasteiger partial charge in [0.15, 0.2) is 6.29 Å². The molecule has 1 saturated heterocycles. The lowest BCUT2D eigenvalue weighted by molar-refractivity contribution is -0.302. The van der Waals surface area contributed by atoms with E-state index in [1.165, 1.54) is 180 Å². The van der Waals surface area contributed by atoms with E-state index in [2.05, 4.69) is 31.3 Å². The van der Waals surface area contributed by atoms with E-state index in [1.54, 1.807) is 6.08 Å². The zero-order chi connectivity index (χ0) is 50.3. The summed E-state index contributed by atoms with van der Waals surface area (Å²) in [5, 5.41) is 54.2. The summed E-state index contributed by atoms with van der Waals surface area (Å²) < 4.78 is 16.7. The van der Waals surface area contributed by atoms with Crippen LogP contribution in [-0.4, -0.2) is 100 Å². The molecule has 0 aromatic rings. The van der Waals surface area contributed by atoms with Crippen molar-refractivity contribution in [1.82, 2.24) is 5.32 Å². The molecule has 1 heterocycles. The fraction of sp³-hybridized carbons (Fsp3) is 0.897. The number of amides is 1. The van der Waals surface area contributed by atoms with Crippen molar-refractivity contribution in [2.24, 2.45) is 0 Å². The van der Waals surface area contributed by atoms with Crippen molar-refractivity contribution in [3.05, 3.63) is 24.3 Å². The fourth-order valence-corrected chi connectivity index (χ4v) is 9.13. The molecular weight excluding hydrogens is 871 g/mol. The first-order chi connectivity index (χ1) is 33.7. The van der Waals surface area contributed by atoms with Crippen LogP contribution >= 0.6 is 0 Å². The first-order valence-electron chi connectivity index (χ1n) is 29.1. The third-order valence-corrected chi connectivity index (χ3v) is 13.8. The van der Waals surface area contributed by atoms with E-state index >= 15 is 0 Å². The quantitative estimate of drug-likeness (QED) is 0.0196. The number of ether oxygens (including phenoxy) is 3. The summed E-state index contributed by atoms with van der Waals surface area (Å²) in [4.78, 5) is 25.0. The molecule has 11 nitrogen and oxygen atoms in total. The van der Waals surface area contributed by atoms with Crippen LogP contribution in [-0.2, 0) is 23.8 Å². The van der Waals surface area contributed by atoms with Gasteiger partial charge in [-0.1, -0.05) is 224 Å². The minimum absolute atomic E-state index is 0.0152.